The van der Waals surface area contributed by atoms with Crippen LogP contribution >= 0.6 is 23.1 Å². The lowest BCUT2D eigenvalue weighted by Gasteiger charge is -2.02. The van der Waals surface area contributed by atoms with Crippen molar-refractivity contribution in [3.8, 4) is 0 Å². The van der Waals surface area contributed by atoms with Crippen molar-refractivity contribution in [3.63, 3.8) is 0 Å². The Balaban J connectivity index is 1.49. The first-order chi connectivity index (χ1) is 12.2. The molecular weight excluding hydrogens is 362 g/mol. The largest absolute Gasteiger partial charge is 0.431 e. The van der Waals surface area contributed by atoms with Crippen molar-refractivity contribution in [1.29, 1.82) is 0 Å². The van der Waals surface area contributed by atoms with Gasteiger partial charge in [0.1, 0.15) is 17.3 Å². The van der Waals surface area contributed by atoms with Crippen LogP contribution in [0.3, 0.4) is 0 Å². The lowest BCUT2D eigenvalue weighted by atomic mass is 10.2. The van der Waals surface area contributed by atoms with Gasteiger partial charge < -0.3 is 9.73 Å². The van der Waals surface area contributed by atoms with Gasteiger partial charge in [0.25, 0.3) is 11.8 Å². The maximum absolute atomic E-state index is 12.3. The van der Waals surface area contributed by atoms with E-state index in [2.05, 4.69) is 24.4 Å². The first-order valence-corrected chi connectivity index (χ1v) is 8.65. The minimum absolute atomic E-state index is 0.0432. The molecule has 0 fully saturated rings. The lowest BCUT2D eigenvalue weighted by molar-refractivity contribution is 0.101. The van der Waals surface area contributed by atoms with Gasteiger partial charge in [-0.15, -0.1) is 11.3 Å². The highest BCUT2D eigenvalue weighted by Gasteiger charge is 2.16. The molecule has 8 nitrogen and oxygen atoms in total. The SMILES string of the molecule is O=C(Nc1cccc2nsnc12)c1coc(NC(=O)c2cccs2)n1. The maximum Gasteiger partial charge on any atom is 0.302 e. The van der Waals surface area contributed by atoms with Gasteiger partial charge in [0.2, 0.25) is 0 Å². The predicted molar refractivity (Wildman–Crippen MR) is 94.1 cm³/mol. The first-order valence-electron chi connectivity index (χ1n) is 7.04. The van der Waals surface area contributed by atoms with Gasteiger partial charge in [-0.25, -0.2) is 0 Å². The summed E-state index contributed by atoms with van der Waals surface area (Å²) in [6, 6.07) is 8.71. The third-order valence-corrected chi connectivity index (χ3v) is 4.65. The van der Waals surface area contributed by atoms with E-state index in [1.807, 2.05) is 6.07 Å². The van der Waals surface area contributed by atoms with Crippen LogP contribution < -0.4 is 10.6 Å². The van der Waals surface area contributed by atoms with Gasteiger partial charge >= 0.3 is 6.01 Å². The third-order valence-electron chi connectivity index (χ3n) is 3.24. The molecule has 2 N–H and O–H groups in total. The fourth-order valence-electron chi connectivity index (χ4n) is 2.10. The van der Waals surface area contributed by atoms with Crippen LogP contribution in [0.2, 0.25) is 0 Å². The van der Waals surface area contributed by atoms with Crippen LogP contribution in [0.25, 0.3) is 11.0 Å². The van der Waals surface area contributed by atoms with E-state index in [4.69, 9.17) is 4.42 Å². The number of oxazole rings is 1. The Morgan fingerprint density at radius 2 is 1.96 bits per heavy atom. The van der Waals surface area contributed by atoms with Crippen molar-refractivity contribution in [3.05, 3.63) is 52.5 Å². The number of benzene rings is 1. The highest BCUT2D eigenvalue weighted by atomic mass is 32.1. The molecule has 4 rings (SSSR count). The number of amides is 2. The second-order valence-electron chi connectivity index (χ2n) is 4.86. The summed E-state index contributed by atoms with van der Waals surface area (Å²) in [6.45, 7) is 0. The Morgan fingerprint density at radius 1 is 1.04 bits per heavy atom. The van der Waals surface area contributed by atoms with E-state index in [9.17, 15) is 9.59 Å². The van der Waals surface area contributed by atoms with E-state index in [1.54, 1.807) is 29.6 Å². The molecule has 0 unspecified atom stereocenters. The number of fused-ring (bicyclic) bond motifs is 1. The first kappa shape index (κ1) is 15.4. The zero-order valence-electron chi connectivity index (χ0n) is 12.4. The summed E-state index contributed by atoms with van der Waals surface area (Å²) in [5, 5.41) is 7.00. The number of carbonyl (C=O) groups excluding carboxylic acids is 2. The van der Waals surface area contributed by atoms with E-state index in [1.165, 1.54) is 17.6 Å². The summed E-state index contributed by atoms with van der Waals surface area (Å²) in [4.78, 5) is 28.8. The average Bonchev–Trinajstić information content (AvgIpc) is 3.36. The molecule has 0 aliphatic rings. The summed E-state index contributed by atoms with van der Waals surface area (Å²) in [7, 11) is 0. The molecular formula is C15H9N5O3S2. The number of rotatable bonds is 4. The smallest absolute Gasteiger partial charge is 0.302 e. The van der Waals surface area contributed by atoms with Gasteiger partial charge in [0.15, 0.2) is 5.69 Å². The Hall–Kier alpha value is -3.11. The standard InChI is InChI=1S/C15H9N5O3S2/c21-13(16-8-3-1-4-9-12(8)20-25-19-9)10-7-23-15(17-10)18-14(22)11-5-2-6-24-11/h1-7H,(H,16,21)(H,17,18,22). The van der Waals surface area contributed by atoms with Gasteiger partial charge in [-0.1, -0.05) is 12.1 Å². The Kier molecular flexibility index (Phi) is 3.96. The molecule has 3 aromatic heterocycles. The van der Waals surface area contributed by atoms with Crippen LogP contribution in [0, 0.1) is 0 Å². The minimum Gasteiger partial charge on any atom is -0.431 e. The molecule has 3 heterocycles. The van der Waals surface area contributed by atoms with Gasteiger partial charge in [0.05, 0.1) is 22.3 Å². The average molecular weight is 371 g/mol. The quantitative estimate of drug-likeness (QED) is 0.570. The second kappa shape index (κ2) is 6.42. The molecule has 4 aromatic rings. The monoisotopic (exact) mass is 371 g/mol. The number of hydrogen-bond acceptors (Lipinski definition) is 8. The number of thiophene rings is 1. The summed E-state index contributed by atoms with van der Waals surface area (Å²) < 4.78 is 13.4. The molecule has 0 atom stereocenters. The summed E-state index contributed by atoms with van der Waals surface area (Å²) >= 11 is 2.36. The van der Waals surface area contributed by atoms with Crippen LogP contribution in [0.15, 0.2) is 46.4 Å². The van der Waals surface area contributed by atoms with Gasteiger partial charge in [0, 0.05) is 0 Å². The zero-order chi connectivity index (χ0) is 17.2. The number of carbonyl (C=O) groups is 2. The fraction of sp³-hybridized carbons (Fsp3) is 0. The van der Waals surface area contributed by atoms with Crippen molar-refractivity contribution < 1.29 is 14.0 Å². The van der Waals surface area contributed by atoms with Crippen molar-refractivity contribution in [1.82, 2.24) is 13.7 Å². The molecule has 2 amide bonds. The number of hydrogen-bond donors (Lipinski definition) is 2. The van der Waals surface area contributed by atoms with Gasteiger partial charge in [-0.3, -0.25) is 14.9 Å². The highest BCUT2D eigenvalue weighted by molar-refractivity contribution is 7.12. The van der Waals surface area contributed by atoms with Crippen molar-refractivity contribution >= 4 is 57.6 Å². The van der Waals surface area contributed by atoms with Crippen LogP contribution in [0.4, 0.5) is 11.7 Å². The molecule has 10 heteroatoms. The number of nitrogens with zero attached hydrogens (tertiary/aromatic N) is 3. The second-order valence-corrected chi connectivity index (χ2v) is 6.34. The lowest BCUT2D eigenvalue weighted by Crippen LogP contribution is -2.14. The van der Waals surface area contributed by atoms with Crippen molar-refractivity contribution in [2.75, 3.05) is 10.6 Å². The summed E-state index contributed by atoms with van der Waals surface area (Å²) in [6.07, 6.45) is 1.18. The van der Waals surface area contributed by atoms with E-state index in [0.717, 1.165) is 11.7 Å². The molecule has 1 aromatic carbocycles. The van der Waals surface area contributed by atoms with Crippen LogP contribution in [0.1, 0.15) is 20.2 Å². The maximum atomic E-state index is 12.3. The Morgan fingerprint density at radius 3 is 2.80 bits per heavy atom. The molecule has 0 bridgehead atoms. The topological polar surface area (TPSA) is 110 Å². The molecule has 124 valence electrons. The zero-order valence-corrected chi connectivity index (χ0v) is 14.1. The number of anilines is 2. The van der Waals surface area contributed by atoms with E-state index < -0.39 is 5.91 Å². The normalized spacial score (nSPS) is 10.7. The van der Waals surface area contributed by atoms with Gasteiger partial charge in [-0.05, 0) is 23.6 Å². The molecule has 25 heavy (non-hydrogen) atoms. The number of nitrogens with one attached hydrogen (secondary N) is 2. The van der Waals surface area contributed by atoms with E-state index in [-0.39, 0.29) is 17.6 Å². The minimum atomic E-state index is -0.471. The van der Waals surface area contributed by atoms with Gasteiger partial charge in [-0.2, -0.15) is 13.7 Å². The third kappa shape index (κ3) is 3.12. The van der Waals surface area contributed by atoms with Crippen molar-refractivity contribution in [2.24, 2.45) is 0 Å². The number of aromatic nitrogens is 3. The summed E-state index contributed by atoms with van der Waals surface area (Å²) in [5.74, 6) is -0.817. The van der Waals surface area contributed by atoms with E-state index >= 15 is 0 Å². The molecule has 0 aliphatic carbocycles. The van der Waals surface area contributed by atoms with Crippen LogP contribution in [-0.2, 0) is 0 Å². The molecule has 0 saturated carbocycles. The molecule has 0 saturated heterocycles. The molecule has 0 spiro atoms. The Bertz CT molecular complexity index is 1050. The predicted octanol–water partition coefficient (Wildman–Crippen LogP) is 3.25. The fourth-order valence-corrected chi connectivity index (χ4v) is 3.26. The van der Waals surface area contributed by atoms with Crippen molar-refractivity contribution in [2.45, 2.75) is 0 Å². The summed E-state index contributed by atoms with van der Waals surface area (Å²) in [5.41, 5.74) is 1.88. The van der Waals surface area contributed by atoms with Crippen LogP contribution in [-0.4, -0.2) is 25.5 Å². The van der Waals surface area contributed by atoms with E-state index in [0.29, 0.717) is 21.6 Å². The molecule has 0 aliphatic heterocycles. The van der Waals surface area contributed by atoms with Crippen LogP contribution in [0.5, 0.6) is 0 Å². The molecule has 0 radical (unpaired) electrons. The Labute approximate surface area is 148 Å². The highest BCUT2D eigenvalue weighted by Crippen LogP contribution is 2.22.